The molecule has 0 N–H and O–H groups in total. The lowest BCUT2D eigenvalue weighted by atomic mass is 10.0. The first kappa shape index (κ1) is 17.6. The zero-order chi connectivity index (χ0) is 17.8. The van der Waals surface area contributed by atoms with E-state index in [1.54, 1.807) is 17.8 Å². The number of nitrogens with zero attached hydrogens (tertiary/aromatic N) is 2. The van der Waals surface area contributed by atoms with E-state index in [-0.39, 0.29) is 18.6 Å². The summed E-state index contributed by atoms with van der Waals surface area (Å²) >= 11 is 1.62. The first-order chi connectivity index (χ1) is 12.1. The lowest BCUT2D eigenvalue weighted by Gasteiger charge is -2.26. The SMILES string of the molecule is CSc1ccccc1OCc1cc(C(=O)N2CC=C[C@@H]2C(C)C)no1. The van der Waals surface area contributed by atoms with Gasteiger partial charge in [-0.15, -0.1) is 11.8 Å². The number of para-hydroxylation sites is 1. The maximum Gasteiger partial charge on any atom is 0.276 e. The van der Waals surface area contributed by atoms with Gasteiger partial charge in [-0.2, -0.15) is 0 Å². The number of benzene rings is 1. The minimum Gasteiger partial charge on any atom is -0.484 e. The third kappa shape index (κ3) is 3.90. The Morgan fingerprint density at radius 3 is 3.00 bits per heavy atom. The van der Waals surface area contributed by atoms with Crippen molar-refractivity contribution in [2.45, 2.75) is 31.4 Å². The van der Waals surface area contributed by atoms with E-state index in [2.05, 4.69) is 25.1 Å². The van der Waals surface area contributed by atoms with Crippen LogP contribution in [0.2, 0.25) is 0 Å². The molecule has 0 saturated carbocycles. The van der Waals surface area contributed by atoms with Gasteiger partial charge in [-0.1, -0.05) is 43.3 Å². The Morgan fingerprint density at radius 2 is 2.24 bits per heavy atom. The monoisotopic (exact) mass is 358 g/mol. The van der Waals surface area contributed by atoms with Crippen molar-refractivity contribution in [2.24, 2.45) is 5.92 Å². The largest absolute Gasteiger partial charge is 0.484 e. The van der Waals surface area contributed by atoms with Crippen molar-refractivity contribution < 1.29 is 14.1 Å². The minimum atomic E-state index is -0.108. The number of ether oxygens (including phenoxy) is 1. The zero-order valence-electron chi connectivity index (χ0n) is 14.6. The van der Waals surface area contributed by atoms with Crippen molar-refractivity contribution in [2.75, 3.05) is 12.8 Å². The standard InChI is InChI=1S/C19H22N2O3S/c1-13(2)16-7-6-10-21(16)19(22)15-11-14(24-20-15)12-23-17-8-4-5-9-18(17)25-3/h4-9,11,13,16H,10,12H2,1-3H3/t16-/m1/s1. The van der Waals surface area contributed by atoms with Crippen molar-refractivity contribution in [3.8, 4) is 5.75 Å². The van der Waals surface area contributed by atoms with Gasteiger partial charge in [0.25, 0.3) is 5.91 Å². The van der Waals surface area contributed by atoms with E-state index in [0.717, 1.165) is 10.6 Å². The van der Waals surface area contributed by atoms with Gasteiger partial charge in [-0.3, -0.25) is 4.79 Å². The number of hydrogen-bond acceptors (Lipinski definition) is 5. The first-order valence-corrected chi connectivity index (χ1v) is 9.51. The molecule has 5 nitrogen and oxygen atoms in total. The average Bonchev–Trinajstić information content (AvgIpc) is 3.29. The van der Waals surface area contributed by atoms with E-state index in [1.165, 1.54) is 0 Å². The predicted octanol–water partition coefficient (Wildman–Crippen LogP) is 4.01. The lowest BCUT2D eigenvalue weighted by molar-refractivity contribution is 0.0709. The lowest BCUT2D eigenvalue weighted by Crippen LogP contribution is -2.39. The Morgan fingerprint density at radius 1 is 1.44 bits per heavy atom. The summed E-state index contributed by atoms with van der Waals surface area (Å²) in [5.41, 5.74) is 0.325. The van der Waals surface area contributed by atoms with Gasteiger partial charge in [0.15, 0.2) is 11.5 Å². The van der Waals surface area contributed by atoms with E-state index in [9.17, 15) is 4.79 Å². The van der Waals surface area contributed by atoms with Gasteiger partial charge >= 0.3 is 0 Å². The molecular weight excluding hydrogens is 336 g/mol. The molecule has 6 heteroatoms. The van der Waals surface area contributed by atoms with Crippen molar-refractivity contribution >= 4 is 17.7 Å². The van der Waals surface area contributed by atoms with Gasteiger partial charge in [-0.05, 0) is 24.3 Å². The fourth-order valence-electron chi connectivity index (χ4n) is 2.86. The Bertz CT molecular complexity index is 770. The number of aromatic nitrogens is 1. The Balaban J connectivity index is 1.65. The summed E-state index contributed by atoms with van der Waals surface area (Å²) in [6.07, 6.45) is 6.10. The van der Waals surface area contributed by atoms with Crippen LogP contribution in [0, 0.1) is 5.92 Å². The molecule has 1 atom stereocenters. The van der Waals surface area contributed by atoms with E-state index >= 15 is 0 Å². The van der Waals surface area contributed by atoms with Gasteiger partial charge in [-0.25, -0.2) is 0 Å². The van der Waals surface area contributed by atoms with Gasteiger partial charge in [0.05, 0.1) is 6.04 Å². The molecule has 1 amide bonds. The van der Waals surface area contributed by atoms with E-state index < -0.39 is 0 Å². The molecular formula is C19H22N2O3S. The van der Waals surface area contributed by atoms with Gasteiger partial charge < -0.3 is 14.2 Å². The molecule has 1 aromatic carbocycles. The van der Waals surface area contributed by atoms with Crippen LogP contribution in [0.5, 0.6) is 5.75 Å². The summed E-state index contributed by atoms with van der Waals surface area (Å²) in [5.74, 6) is 1.58. The number of carbonyl (C=O) groups is 1. The quantitative estimate of drug-likeness (QED) is 0.577. The summed E-state index contributed by atoms with van der Waals surface area (Å²) in [4.78, 5) is 15.5. The molecule has 2 aromatic rings. The van der Waals surface area contributed by atoms with Crippen molar-refractivity contribution in [1.82, 2.24) is 10.1 Å². The van der Waals surface area contributed by atoms with Crippen LogP contribution in [0.1, 0.15) is 30.1 Å². The fraction of sp³-hybridized carbons (Fsp3) is 0.368. The van der Waals surface area contributed by atoms with E-state index in [1.807, 2.05) is 41.5 Å². The van der Waals surface area contributed by atoms with Crippen LogP contribution in [-0.4, -0.2) is 34.8 Å². The molecule has 2 heterocycles. The smallest absolute Gasteiger partial charge is 0.276 e. The number of rotatable bonds is 6. The van der Waals surface area contributed by atoms with Gasteiger partial charge in [0.1, 0.15) is 12.4 Å². The summed E-state index contributed by atoms with van der Waals surface area (Å²) in [6.45, 7) is 5.06. The predicted molar refractivity (Wildman–Crippen MR) is 97.9 cm³/mol. The second-order valence-corrected chi connectivity index (χ2v) is 7.09. The summed E-state index contributed by atoms with van der Waals surface area (Å²) in [7, 11) is 0. The van der Waals surface area contributed by atoms with Crippen LogP contribution in [-0.2, 0) is 6.61 Å². The second kappa shape index (κ2) is 7.78. The van der Waals surface area contributed by atoms with Crippen LogP contribution in [0.25, 0.3) is 0 Å². The third-order valence-corrected chi connectivity index (χ3v) is 4.93. The third-order valence-electron chi connectivity index (χ3n) is 4.16. The number of amides is 1. The minimum absolute atomic E-state index is 0.108. The van der Waals surface area contributed by atoms with Crippen LogP contribution in [0.3, 0.4) is 0 Å². The van der Waals surface area contributed by atoms with Crippen LogP contribution in [0.15, 0.2) is 51.9 Å². The molecule has 3 rings (SSSR count). The molecule has 1 aliphatic heterocycles. The summed E-state index contributed by atoms with van der Waals surface area (Å²) in [6, 6.07) is 9.59. The zero-order valence-corrected chi connectivity index (χ0v) is 15.5. The second-order valence-electron chi connectivity index (χ2n) is 6.24. The number of hydrogen-bond donors (Lipinski definition) is 0. The highest BCUT2D eigenvalue weighted by Gasteiger charge is 2.29. The van der Waals surface area contributed by atoms with Gasteiger partial charge in [0, 0.05) is 17.5 Å². The van der Waals surface area contributed by atoms with E-state index in [4.69, 9.17) is 9.26 Å². The van der Waals surface area contributed by atoms with E-state index in [0.29, 0.717) is 23.9 Å². The Labute approximate surface area is 152 Å². The van der Waals surface area contributed by atoms with Crippen molar-refractivity contribution in [3.63, 3.8) is 0 Å². The highest BCUT2D eigenvalue weighted by atomic mass is 32.2. The normalized spacial score (nSPS) is 16.6. The molecule has 0 saturated heterocycles. The van der Waals surface area contributed by atoms with Gasteiger partial charge in [0.2, 0.25) is 0 Å². The molecule has 1 aliphatic rings. The average molecular weight is 358 g/mol. The maximum absolute atomic E-state index is 12.7. The van der Waals surface area contributed by atoms with Crippen LogP contribution >= 0.6 is 11.8 Å². The Hall–Kier alpha value is -2.21. The molecule has 0 unspecified atom stereocenters. The number of carbonyl (C=O) groups excluding carboxylic acids is 1. The molecule has 0 fully saturated rings. The molecule has 0 spiro atoms. The fourth-order valence-corrected chi connectivity index (χ4v) is 3.40. The van der Waals surface area contributed by atoms with Crippen LogP contribution in [0.4, 0.5) is 0 Å². The van der Waals surface area contributed by atoms with Crippen molar-refractivity contribution in [3.05, 3.63) is 53.9 Å². The molecule has 0 bridgehead atoms. The highest BCUT2D eigenvalue weighted by Crippen LogP contribution is 2.27. The highest BCUT2D eigenvalue weighted by molar-refractivity contribution is 7.98. The molecule has 0 aliphatic carbocycles. The molecule has 1 aromatic heterocycles. The number of thioether (sulfide) groups is 1. The summed E-state index contributed by atoms with van der Waals surface area (Å²) in [5, 5.41) is 3.93. The summed E-state index contributed by atoms with van der Waals surface area (Å²) < 4.78 is 11.1. The molecule has 25 heavy (non-hydrogen) atoms. The molecule has 132 valence electrons. The maximum atomic E-state index is 12.7. The Kier molecular flexibility index (Phi) is 5.48. The van der Waals surface area contributed by atoms with Crippen LogP contribution < -0.4 is 4.74 Å². The van der Waals surface area contributed by atoms with Crippen molar-refractivity contribution in [1.29, 1.82) is 0 Å². The topological polar surface area (TPSA) is 55.6 Å². The molecule has 0 radical (unpaired) electrons. The first-order valence-electron chi connectivity index (χ1n) is 8.29.